The van der Waals surface area contributed by atoms with E-state index in [0.29, 0.717) is 23.1 Å². The molecule has 0 saturated heterocycles. The zero-order valence-electron chi connectivity index (χ0n) is 18.1. The first-order valence-corrected chi connectivity index (χ1v) is 10.3. The zero-order chi connectivity index (χ0) is 25.6. The lowest BCUT2D eigenvalue weighted by Gasteiger charge is -2.12. The second kappa shape index (κ2) is 10.9. The molecule has 0 aliphatic carbocycles. The van der Waals surface area contributed by atoms with Crippen LogP contribution >= 0.6 is 11.6 Å². The first kappa shape index (κ1) is 25.6. The Morgan fingerprint density at radius 3 is 2.43 bits per heavy atom. The molecule has 35 heavy (non-hydrogen) atoms. The second-order valence-electron chi connectivity index (χ2n) is 7.14. The number of methoxy groups -OCH3 is 1. The van der Waals surface area contributed by atoms with Gasteiger partial charge in [0, 0.05) is 0 Å². The van der Waals surface area contributed by atoms with Crippen LogP contribution in [0.1, 0.15) is 16.7 Å². The molecule has 0 aromatic heterocycles. The van der Waals surface area contributed by atoms with E-state index in [1.807, 2.05) is 0 Å². The Balaban J connectivity index is 1.78. The van der Waals surface area contributed by atoms with Crippen molar-refractivity contribution in [2.24, 2.45) is 0 Å². The van der Waals surface area contributed by atoms with E-state index in [9.17, 15) is 27.6 Å². The van der Waals surface area contributed by atoms with Crippen LogP contribution in [-0.4, -0.2) is 13.0 Å². The molecule has 10 heteroatoms. The van der Waals surface area contributed by atoms with Crippen molar-refractivity contribution in [2.45, 2.75) is 12.8 Å². The number of halogens is 5. The van der Waals surface area contributed by atoms with E-state index in [1.54, 1.807) is 30.3 Å². The highest BCUT2D eigenvalue weighted by Gasteiger charge is 2.31. The molecule has 3 aromatic carbocycles. The maximum atomic E-state index is 13.0. The molecular formula is C25H17ClF4N2O3. The molecule has 0 fully saturated rings. The first-order chi connectivity index (χ1) is 16.6. The lowest BCUT2D eigenvalue weighted by Crippen LogP contribution is -2.15. The average Bonchev–Trinajstić information content (AvgIpc) is 2.83. The molecular weight excluding hydrogens is 488 g/mol. The van der Waals surface area contributed by atoms with Gasteiger partial charge in [0.25, 0.3) is 5.91 Å². The van der Waals surface area contributed by atoms with Crippen LogP contribution in [0.5, 0.6) is 11.5 Å². The Morgan fingerprint density at radius 2 is 1.80 bits per heavy atom. The van der Waals surface area contributed by atoms with Crippen LogP contribution in [0, 0.1) is 17.1 Å². The fraction of sp³-hybridized carbons (Fsp3) is 0.120. The lowest BCUT2D eigenvalue weighted by molar-refractivity contribution is -0.137. The van der Waals surface area contributed by atoms with Crippen molar-refractivity contribution in [3.05, 3.63) is 93.8 Å². The minimum atomic E-state index is -4.63. The minimum Gasteiger partial charge on any atom is -0.493 e. The van der Waals surface area contributed by atoms with Crippen molar-refractivity contribution < 1.29 is 31.8 Å². The number of anilines is 1. The summed E-state index contributed by atoms with van der Waals surface area (Å²) in [6.45, 7) is 0.148. The lowest BCUT2D eigenvalue weighted by atomic mass is 10.1. The standard InChI is InChI=1S/C25H17ClF4N2O3/c1-34-23-11-16(4-9-22(23)35-14-15-2-6-19(27)7-3-15)10-17(13-31)24(33)32-21-12-18(25(28,29)30)5-8-20(21)26/h2-12H,14H2,1H3,(H,32,33). The van der Waals surface area contributed by atoms with E-state index in [-0.39, 0.29) is 28.7 Å². The van der Waals surface area contributed by atoms with Gasteiger partial charge in [-0.25, -0.2) is 4.39 Å². The Labute approximate surface area is 203 Å². The summed E-state index contributed by atoms with van der Waals surface area (Å²) in [6.07, 6.45) is -3.39. The number of rotatable bonds is 7. The molecule has 5 nitrogen and oxygen atoms in total. The van der Waals surface area contributed by atoms with Gasteiger partial charge in [0.1, 0.15) is 24.1 Å². The van der Waals surface area contributed by atoms with Gasteiger partial charge in [-0.3, -0.25) is 4.79 Å². The Morgan fingerprint density at radius 1 is 1.09 bits per heavy atom. The number of hydrogen-bond acceptors (Lipinski definition) is 4. The summed E-state index contributed by atoms with van der Waals surface area (Å²) in [5.41, 5.74) is -0.525. The van der Waals surface area contributed by atoms with E-state index >= 15 is 0 Å². The fourth-order valence-corrected chi connectivity index (χ4v) is 3.10. The highest BCUT2D eigenvalue weighted by Crippen LogP contribution is 2.34. The van der Waals surface area contributed by atoms with Crippen molar-refractivity contribution in [3.8, 4) is 17.6 Å². The monoisotopic (exact) mass is 504 g/mol. The smallest absolute Gasteiger partial charge is 0.416 e. The summed E-state index contributed by atoms with van der Waals surface area (Å²) in [5.74, 6) is -0.633. The fourth-order valence-electron chi connectivity index (χ4n) is 2.94. The number of benzene rings is 3. The number of nitrogens with one attached hydrogen (secondary N) is 1. The number of alkyl halides is 3. The number of amides is 1. The number of carbonyl (C=O) groups is 1. The number of nitrogens with zero attached hydrogens (tertiary/aromatic N) is 1. The predicted molar refractivity (Wildman–Crippen MR) is 122 cm³/mol. The summed E-state index contributed by atoms with van der Waals surface area (Å²) in [7, 11) is 1.40. The van der Waals surface area contributed by atoms with Crippen LogP contribution < -0.4 is 14.8 Å². The van der Waals surface area contributed by atoms with E-state index in [0.717, 1.165) is 17.7 Å². The minimum absolute atomic E-state index is 0.118. The molecule has 0 atom stereocenters. The van der Waals surface area contributed by atoms with E-state index in [4.69, 9.17) is 21.1 Å². The van der Waals surface area contributed by atoms with Crippen LogP contribution in [-0.2, 0) is 17.6 Å². The first-order valence-electron chi connectivity index (χ1n) is 9.96. The van der Waals surface area contributed by atoms with Crippen molar-refractivity contribution in [3.63, 3.8) is 0 Å². The van der Waals surface area contributed by atoms with Gasteiger partial charge in [-0.2, -0.15) is 18.4 Å². The Kier molecular flexibility index (Phi) is 7.99. The molecule has 0 radical (unpaired) electrons. The third-order valence-corrected chi connectivity index (χ3v) is 5.04. The molecule has 0 aliphatic rings. The van der Waals surface area contributed by atoms with Gasteiger partial charge in [-0.05, 0) is 59.7 Å². The topological polar surface area (TPSA) is 71.3 Å². The number of ether oxygens (including phenoxy) is 2. The van der Waals surface area contributed by atoms with Gasteiger partial charge in [0.05, 0.1) is 23.4 Å². The normalized spacial score (nSPS) is 11.5. The number of carbonyl (C=O) groups excluding carboxylic acids is 1. The van der Waals surface area contributed by atoms with Gasteiger partial charge in [-0.15, -0.1) is 0 Å². The average molecular weight is 505 g/mol. The van der Waals surface area contributed by atoms with Crippen LogP contribution in [0.3, 0.4) is 0 Å². The summed E-state index contributed by atoms with van der Waals surface area (Å²) in [4.78, 5) is 12.5. The molecule has 0 bridgehead atoms. The molecule has 0 aliphatic heterocycles. The van der Waals surface area contributed by atoms with E-state index < -0.39 is 17.6 Å². The summed E-state index contributed by atoms with van der Waals surface area (Å²) >= 11 is 5.90. The van der Waals surface area contributed by atoms with Gasteiger partial charge in [0.15, 0.2) is 11.5 Å². The number of nitriles is 1. The molecule has 1 N–H and O–H groups in total. The summed E-state index contributed by atoms with van der Waals surface area (Å²) in [6, 6.07) is 14.6. The van der Waals surface area contributed by atoms with Crippen molar-refractivity contribution in [1.29, 1.82) is 5.26 Å². The number of hydrogen-bond donors (Lipinski definition) is 1. The van der Waals surface area contributed by atoms with Gasteiger partial charge < -0.3 is 14.8 Å². The quantitative estimate of drug-likeness (QED) is 0.223. The SMILES string of the molecule is COc1cc(C=C(C#N)C(=O)Nc2cc(C(F)(F)F)ccc2Cl)ccc1OCc1ccc(F)cc1. The zero-order valence-corrected chi connectivity index (χ0v) is 18.9. The summed E-state index contributed by atoms with van der Waals surface area (Å²) in [5, 5.41) is 11.5. The van der Waals surface area contributed by atoms with Gasteiger partial charge in [-0.1, -0.05) is 29.8 Å². The second-order valence-corrected chi connectivity index (χ2v) is 7.55. The molecule has 0 saturated carbocycles. The van der Waals surface area contributed by atoms with Crippen LogP contribution in [0.2, 0.25) is 5.02 Å². The van der Waals surface area contributed by atoms with Gasteiger partial charge in [0.2, 0.25) is 0 Å². The van der Waals surface area contributed by atoms with Crippen molar-refractivity contribution in [1.82, 2.24) is 0 Å². The van der Waals surface area contributed by atoms with Crippen LogP contribution in [0.4, 0.5) is 23.2 Å². The molecule has 3 rings (SSSR count). The highest BCUT2D eigenvalue weighted by molar-refractivity contribution is 6.34. The predicted octanol–water partition coefficient (Wildman–Crippen LogP) is 6.63. The molecule has 0 spiro atoms. The van der Waals surface area contributed by atoms with Crippen molar-refractivity contribution >= 4 is 29.3 Å². The van der Waals surface area contributed by atoms with E-state index in [1.165, 1.54) is 31.4 Å². The molecule has 3 aromatic rings. The largest absolute Gasteiger partial charge is 0.493 e. The van der Waals surface area contributed by atoms with Crippen molar-refractivity contribution in [2.75, 3.05) is 12.4 Å². The maximum Gasteiger partial charge on any atom is 0.416 e. The molecule has 1 amide bonds. The third kappa shape index (κ3) is 6.74. The summed E-state index contributed by atoms with van der Waals surface area (Å²) < 4.78 is 62.9. The molecule has 0 heterocycles. The van der Waals surface area contributed by atoms with Gasteiger partial charge >= 0.3 is 6.18 Å². The van der Waals surface area contributed by atoms with Crippen LogP contribution in [0.25, 0.3) is 6.08 Å². The third-order valence-electron chi connectivity index (χ3n) is 4.71. The Hall–Kier alpha value is -4.03. The molecule has 0 unspecified atom stereocenters. The molecule has 180 valence electrons. The highest BCUT2D eigenvalue weighted by atomic mass is 35.5. The maximum absolute atomic E-state index is 13.0. The Bertz CT molecular complexity index is 1300. The van der Waals surface area contributed by atoms with E-state index in [2.05, 4.69) is 5.32 Å². The van der Waals surface area contributed by atoms with Crippen LogP contribution in [0.15, 0.2) is 66.2 Å².